The van der Waals surface area contributed by atoms with E-state index < -0.39 is 17.6 Å². The van der Waals surface area contributed by atoms with E-state index in [0.717, 1.165) is 16.7 Å². The standard InChI is InChI=1S/C21H23N3O4/c1-21(20(26)23-27,18(25)19-22-12-13-24(19)2)28-14-15-8-10-17(11-9-15)16-6-4-3-5-7-16/h3-13,18,25,27H,14H2,1-2H3,(H,23,26)/t18-,21-/m0/s1. The van der Waals surface area contributed by atoms with E-state index in [1.807, 2.05) is 54.6 Å². The second-order valence-corrected chi connectivity index (χ2v) is 6.70. The van der Waals surface area contributed by atoms with Gasteiger partial charge in [-0.1, -0.05) is 54.6 Å². The average molecular weight is 381 g/mol. The summed E-state index contributed by atoms with van der Waals surface area (Å²) >= 11 is 0. The van der Waals surface area contributed by atoms with E-state index in [4.69, 9.17) is 9.94 Å². The quantitative estimate of drug-likeness (QED) is 0.432. The number of ether oxygens (including phenoxy) is 1. The van der Waals surface area contributed by atoms with E-state index in [9.17, 15) is 9.90 Å². The number of aliphatic hydroxyl groups is 1. The molecule has 0 fully saturated rings. The zero-order chi connectivity index (χ0) is 20.1. The molecule has 3 N–H and O–H groups in total. The first kappa shape index (κ1) is 19.8. The Balaban J connectivity index is 1.77. The van der Waals surface area contributed by atoms with Crippen LogP contribution in [-0.4, -0.2) is 31.4 Å². The number of aryl methyl sites for hydroxylation is 1. The molecule has 3 rings (SSSR count). The van der Waals surface area contributed by atoms with Gasteiger partial charge in [0, 0.05) is 19.4 Å². The van der Waals surface area contributed by atoms with Gasteiger partial charge in [-0.05, 0) is 23.6 Å². The molecule has 0 saturated heterocycles. The van der Waals surface area contributed by atoms with Gasteiger partial charge in [-0.25, -0.2) is 10.5 Å². The molecule has 7 nitrogen and oxygen atoms in total. The van der Waals surface area contributed by atoms with Gasteiger partial charge in [0.05, 0.1) is 6.61 Å². The highest BCUT2D eigenvalue weighted by molar-refractivity contribution is 5.84. The van der Waals surface area contributed by atoms with E-state index in [0.29, 0.717) is 0 Å². The summed E-state index contributed by atoms with van der Waals surface area (Å²) in [6.45, 7) is 1.48. The molecule has 0 saturated carbocycles. The fourth-order valence-electron chi connectivity index (χ4n) is 2.92. The summed E-state index contributed by atoms with van der Waals surface area (Å²) in [6.07, 6.45) is 1.79. The number of imidazole rings is 1. The van der Waals surface area contributed by atoms with Crippen molar-refractivity contribution in [2.45, 2.75) is 25.2 Å². The fourth-order valence-corrected chi connectivity index (χ4v) is 2.92. The Morgan fingerprint density at radius 1 is 1.18 bits per heavy atom. The number of benzene rings is 2. The normalized spacial score (nSPS) is 14.3. The van der Waals surface area contributed by atoms with Gasteiger partial charge in [0.1, 0.15) is 11.9 Å². The first-order valence-electron chi connectivity index (χ1n) is 8.84. The van der Waals surface area contributed by atoms with Crippen molar-refractivity contribution in [1.82, 2.24) is 15.0 Å². The van der Waals surface area contributed by atoms with E-state index in [2.05, 4.69) is 4.98 Å². The fraction of sp³-hybridized carbons (Fsp3) is 0.238. The Labute approximate surface area is 163 Å². The van der Waals surface area contributed by atoms with Crippen LogP contribution in [0.4, 0.5) is 0 Å². The Morgan fingerprint density at radius 3 is 2.39 bits per heavy atom. The number of amides is 1. The van der Waals surface area contributed by atoms with Crippen LogP contribution in [0.1, 0.15) is 24.4 Å². The Kier molecular flexibility index (Phi) is 5.89. The van der Waals surface area contributed by atoms with Gasteiger partial charge in [-0.3, -0.25) is 10.0 Å². The van der Waals surface area contributed by atoms with Gasteiger partial charge >= 0.3 is 0 Å². The van der Waals surface area contributed by atoms with Crippen LogP contribution in [-0.2, 0) is 23.2 Å². The van der Waals surface area contributed by atoms with Crippen LogP contribution in [0.5, 0.6) is 0 Å². The number of carbonyl (C=O) groups excluding carboxylic acids is 1. The summed E-state index contributed by atoms with van der Waals surface area (Å²) in [4.78, 5) is 16.3. The second-order valence-electron chi connectivity index (χ2n) is 6.70. The highest BCUT2D eigenvalue weighted by atomic mass is 16.5. The molecule has 2 aromatic carbocycles. The van der Waals surface area contributed by atoms with Gasteiger partial charge in [0.2, 0.25) is 0 Å². The average Bonchev–Trinajstić information content (AvgIpc) is 3.17. The SMILES string of the molecule is Cn1ccnc1[C@H](O)[C@](C)(OCc1ccc(-c2ccccc2)cc1)C(=O)NO. The molecule has 0 unspecified atom stereocenters. The molecule has 1 aromatic heterocycles. The van der Waals surface area contributed by atoms with E-state index in [1.54, 1.807) is 23.3 Å². The third-order valence-corrected chi connectivity index (χ3v) is 4.78. The predicted octanol–water partition coefficient (Wildman–Crippen LogP) is 2.60. The van der Waals surface area contributed by atoms with Crippen molar-refractivity contribution < 1.29 is 19.8 Å². The van der Waals surface area contributed by atoms with Crippen molar-refractivity contribution in [3.63, 3.8) is 0 Å². The summed E-state index contributed by atoms with van der Waals surface area (Å²) < 4.78 is 7.37. The number of hydrogen-bond acceptors (Lipinski definition) is 5. The molecular weight excluding hydrogens is 358 g/mol. The molecule has 146 valence electrons. The maximum absolute atomic E-state index is 12.3. The third-order valence-electron chi connectivity index (χ3n) is 4.78. The summed E-state index contributed by atoms with van der Waals surface area (Å²) in [7, 11) is 1.70. The lowest BCUT2D eigenvalue weighted by Crippen LogP contribution is -2.50. The van der Waals surface area contributed by atoms with Gasteiger partial charge in [-0.2, -0.15) is 0 Å². The molecule has 7 heteroatoms. The Morgan fingerprint density at radius 2 is 1.82 bits per heavy atom. The number of aromatic nitrogens is 2. The van der Waals surface area contributed by atoms with Crippen molar-refractivity contribution in [2.75, 3.05) is 0 Å². The zero-order valence-corrected chi connectivity index (χ0v) is 15.7. The van der Waals surface area contributed by atoms with Gasteiger partial charge in [-0.15, -0.1) is 0 Å². The molecule has 1 amide bonds. The van der Waals surface area contributed by atoms with E-state index >= 15 is 0 Å². The maximum Gasteiger partial charge on any atom is 0.278 e. The van der Waals surface area contributed by atoms with Crippen molar-refractivity contribution in [2.24, 2.45) is 7.05 Å². The van der Waals surface area contributed by atoms with Crippen molar-refractivity contribution in [3.05, 3.63) is 78.4 Å². The number of rotatable bonds is 7. The molecule has 28 heavy (non-hydrogen) atoms. The van der Waals surface area contributed by atoms with Gasteiger partial charge < -0.3 is 14.4 Å². The van der Waals surface area contributed by atoms with Crippen molar-refractivity contribution in [1.29, 1.82) is 0 Å². The molecular formula is C21H23N3O4. The number of carbonyl (C=O) groups is 1. The van der Waals surface area contributed by atoms with Gasteiger partial charge in [0.15, 0.2) is 5.60 Å². The largest absolute Gasteiger partial charge is 0.382 e. The lowest BCUT2D eigenvalue weighted by atomic mass is 9.96. The highest BCUT2D eigenvalue weighted by Gasteiger charge is 2.44. The number of aliphatic hydroxyl groups excluding tert-OH is 1. The van der Waals surface area contributed by atoms with Crippen LogP contribution in [0.3, 0.4) is 0 Å². The van der Waals surface area contributed by atoms with Crippen LogP contribution in [0, 0.1) is 0 Å². The molecule has 0 aliphatic heterocycles. The number of hydrogen-bond donors (Lipinski definition) is 3. The minimum absolute atomic E-state index is 0.0699. The highest BCUT2D eigenvalue weighted by Crippen LogP contribution is 2.30. The molecule has 0 spiro atoms. The molecule has 0 bridgehead atoms. The van der Waals surface area contributed by atoms with Crippen molar-refractivity contribution >= 4 is 5.91 Å². The minimum Gasteiger partial charge on any atom is -0.382 e. The third kappa shape index (κ3) is 3.96. The topological polar surface area (TPSA) is 96.6 Å². The predicted molar refractivity (Wildman–Crippen MR) is 103 cm³/mol. The molecule has 1 heterocycles. The minimum atomic E-state index is -1.73. The first-order chi connectivity index (χ1) is 13.5. The Bertz CT molecular complexity index is 924. The van der Waals surface area contributed by atoms with Crippen molar-refractivity contribution in [3.8, 4) is 11.1 Å². The molecule has 0 radical (unpaired) electrons. The second kappa shape index (κ2) is 8.35. The lowest BCUT2D eigenvalue weighted by molar-refractivity contribution is -0.174. The maximum atomic E-state index is 12.3. The van der Waals surface area contributed by atoms with Gasteiger partial charge in [0.25, 0.3) is 5.91 Å². The number of hydroxylamine groups is 1. The van der Waals surface area contributed by atoms with Crippen LogP contribution in [0.2, 0.25) is 0 Å². The van der Waals surface area contributed by atoms with Crippen LogP contribution in [0.15, 0.2) is 67.0 Å². The van der Waals surface area contributed by atoms with Crippen LogP contribution < -0.4 is 5.48 Å². The number of nitrogens with zero attached hydrogens (tertiary/aromatic N) is 2. The first-order valence-corrected chi connectivity index (χ1v) is 8.84. The lowest BCUT2D eigenvalue weighted by Gasteiger charge is -2.31. The summed E-state index contributed by atoms with van der Waals surface area (Å²) in [6, 6.07) is 17.7. The summed E-state index contributed by atoms with van der Waals surface area (Å²) in [5.74, 6) is -0.602. The molecule has 3 aromatic rings. The molecule has 0 aliphatic carbocycles. The smallest absolute Gasteiger partial charge is 0.278 e. The van der Waals surface area contributed by atoms with Crippen LogP contribution in [0.25, 0.3) is 11.1 Å². The zero-order valence-electron chi connectivity index (χ0n) is 15.7. The van der Waals surface area contributed by atoms with E-state index in [-0.39, 0.29) is 12.4 Å². The van der Waals surface area contributed by atoms with Crippen LogP contribution >= 0.6 is 0 Å². The van der Waals surface area contributed by atoms with E-state index in [1.165, 1.54) is 13.1 Å². The molecule has 2 atom stereocenters. The summed E-state index contributed by atoms with van der Waals surface area (Å²) in [5.41, 5.74) is 2.83. The molecule has 0 aliphatic rings. The monoisotopic (exact) mass is 381 g/mol. The Hall–Kier alpha value is -3.00. The number of nitrogens with one attached hydrogen (secondary N) is 1. The summed E-state index contributed by atoms with van der Waals surface area (Å²) in [5, 5.41) is 19.8.